The van der Waals surface area contributed by atoms with Gasteiger partial charge in [-0.2, -0.15) is 0 Å². The van der Waals surface area contributed by atoms with Crippen LogP contribution in [0.3, 0.4) is 0 Å². The maximum Gasteiger partial charge on any atom is 0.305 e. The van der Waals surface area contributed by atoms with Crippen molar-refractivity contribution in [3.8, 4) is 0 Å². The van der Waals surface area contributed by atoms with Gasteiger partial charge in [-0.1, -0.05) is 77.6 Å². The minimum absolute atomic E-state index is 0.0921. The maximum absolute atomic E-state index is 11.1. The van der Waals surface area contributed by atoms with Crippen LogP contribution in [0.2, 0.25) is 19.6 Å². The highest BCUT2D eigenvalue weighted by Crippen LogP contribution is 2.17. The van der Waals surface area contributed by atoms with Crippen molar-refractivity contribution in [2.45, 2.75) is 129 Å². The lowest BCUT2D eigenvalue weighted by Gasteiger charge is -2.22. The first-order valence-corrected chi connectivity index (χ1v) is 15.1. The Morgan fingerprint density at radius 3 is 1.79 bits per heavy atom. The summed E-state index contributed by atoms with van der Waals surface area (Å²) in [7, 11) is -0.0514. The summed E-state index contributed by atoms with van der Waals surface area (Å²) in [6.07, 6.45) is 18.2. The van der Waals surface area contributed by atoms with Crippen LogP contribution in [0.5, 0.6) is 0 Å². The van der Waals surface area contributed by atoms with Crippen molar-refractivity contribution in [3.63, 3.8) is 0 Å². The number of esters is 1. The minimum atomic E-state index is -1.51. The standard InChI is InChI=1S/C23H48O4Si/c1-6-7-8-9-10-12-15-18-22(26-21-27-28(3,4)5)19-16-13-11-14-17-20-23(24)25-2/h22H,6-21H2,1-5H3. The Kier molecular flexibility index (Phi) is 18.4. The second kappa shape index (κ2) is 18.6. The Balaban J connectivity index is 3.91. The molecule has 0 rings (SSSR count). The third-order valence-corrected chi connectivity index (χ3v) is 6.04. The van der Waals surface area contributed by atoms with E-state index in [0.717, 1.165) is 25.7 Å². The molecule has 1 unspecified atom stereocenters. The van der Waals surface area contributed by atoms with Crippen LogP contribution in [0.4, 0.5) is 0 Å². The maximum atomic E-state index is 11.1. The number of unbranched alkanes of at least 4 members (excludes halogenated alkanes) is 10. The number of hydrogen-bond donors (Lipinski definition) is 0. The van der Waals surface area contributed by atoms with Gasteiger partial charge in [-0.3, -0.25) is 4.79 Å². The van der Waals surface area contributed by atoms with Crippen LogP contribution < -0.4 is 0 Å². The van der Waals surface area contributed by atoms with Crippen molar-refractivity contribution in [3.05, 3.63) is 0 Å². The number of carbonyl (C=O) groups excluding carboxylic acids is 1. The van der Waals surface area contributed by atoms with E-state index in [4.69, 9.17) is 9.16 Å². The second-order valence-corrected chi connectivity index (χ2v) is 13.5. The van der Waals surface area contributed by atoms with Crippen LogP contribution >= 0.6 is 0 Å². The summed E-state index contributed by atoms with van der Waals surface area (Å²) in [5, 5.41) is 0. The zero-order valence-corrected chi connectivity index (χ0v) is 20.5. The highest BCUT2D eigenvalue weighted by atomic mass is 28.4. The average Bonchev–Trinajstić information content (AvgIpc) is 2.64. The Bertz CT molecular complexity index is 355. The molecule has 0 bridgehead atoms. The Morgan fingerprint density at radius 2 is 1.29 bits per heavy atom. The first-order valence-electron chi connectivity index (χ1n) is 11.7. The third-order valence-electron chi connectivity index (χ3n) is 5.06. The normalized spacial score (nSPS) is 12.9. The highest BCUT2D eigenvalue weighted by molar-refractivity contribution is 6.69. The van der Waals surface area contributed by atoms with E-state index in [9.17, 15) is 4.79 Å². The van der Waals surface area contributed by atoms with E-state index in [1.165, 1.54) is 71.3 Å². The van der Waals surface area contributed by atoms with Crippen molar-refractivity contribution in [2.24, 2.45) is 0 Å². The molecule has 0 aromatic heterocycles. The molecule has 0 aliphatic rings. The summed E-state index contributed by atoms with van der Waals surface area (Å²) in [6, 6.07) is 0. The van der Waals surface area contributed by atoms with E-state index in [1.807, 2.05) is 0 Å². The average molecular weight is 417 g/mol. The molecule has 0 saturated carbocycles. The van der Waals surface area contributed by atoms with Gasteiger partial charge in [0.1, 0.15) is 6.79 Å². The van der Waals surface area contributed by atoms with Crippen LogP contribution in [0.15, 0.2) is 0 Å². The van der Waals surface area contributed by atoms with Gasteiger partial charge in [-0.25, -0.2) is 0 Å². The summed E-state index contributed by atoms with van der Waals surface area (Å²) in [5.74, 6) is -0.0921. The molecule has 0 amide bonds. The number of carbonyl (C=O) groups is 1. The smallest absolute Gasteiger partial charge is 0.305 e. The molecular weight excluding hydrogens is 368 g/mol. The van der Waals surface area contributed by atoms with Gasteiger partial charge >= 0.3 is 5.97 Å². The lowest BCUT2D eigenvalue weighted by Crippen LogP contribution is -2.28. The first kappa shape index (κ1) is 27.6. The van der Waals surface area contributed by atoms with E-state index in [-0.39, 0.29) is 5.97 Å². The molecule has 0 aromatic carbocycles. The zero-order valence-electron chi connectivity index (χ0n) is 19.5. The fourth-order valence-electron chi connectivity index (χ4n) is 3.22. The minimum Gasteiger partial charge on any atom is -0.469 e. The van der Waals surface area contributed by atoms with Gasteiger partial charge in [-0.15, -0.1) is 0 Å². The van der Waals surface area contributed by atoms with Gasteiger partial charge in [0.2, 0.25) is 0 Å². The van der Waals surface area contributed by atoms with Gasteiger partial charge in [0, 0.05) is 6.42 Å². The summed E-state index contributed by atoms with van der Waals surface area (Å²) >= 11 is 0. The molecule has 1 atom stereocenters. The van der Waals surface area contributed by atoms with Crippen molar-refractivity contribution >= 4 is 14.3 Å². The quantitative estimate of drug-likeness (QED) is 0.0909. The predicted molar refractivity (Wildman–Crippen MR) is 121 cm³/mol. The fraction of sp³-hybridized carbons (Fsp3) is 0.957. The summed E-state index contributed by atoms with van der Waals surface area (Å²) in [5.41, 5.74) is 0. The molecule has 168 valence electrons. The van der Waals surface area contributed by atoms with E-state index < -0.39 is 8.32 Å². The molecule has 0 fully saturated rings. The fourth-order valence-corrected chi connectivity index (χ4v) is 3.64. The Hall–Kier alpha value is -0.393. The highest BCUT2D eigenvalue weighted by Gasteiger charge is 2.16. The lowest BCUT2D eigenvalue weighted by atomic mass is 10.0. The molecule has 0 spiro atoms. The van der Waals surface area contributed by atoms with Gasteiger partial charge in [-0.05, 0) is 38.9 Å². The molecular formula is C23H48O4Si. The van der Waals surface area contributed by atoms with Crippen molar-refractivity contribution < 1.29 is 18.7 Å². The Morgan fingerprint density at radius 1 is 0.786 bits per heavy atom. The summed E-state index contributed by atoms with van der Waals surface area (Å²) in [6.45, 7) is 9.33. The van der Waals surface area contributed by atoms with Crippen LogP contribution in [0.25, 0.3) is 0 Å². The van der Waals surface area contributed by atoms with Gasteiger partial charge in [0.15, 0.2) is 8.32 Å². The van der Waals surface area contributed by atoms with Crippen molar-refractivity contribution in [1.82, 2.24) is 0 Å². The topological polar surface area (TPSA) is 44.8 Å². The molecule has 0 radical (unpaired) electrons. The Labute approximate surface area is 176 Å². The molecule has 0 heterocycles. The largest absolute Gasteiger partial charge is 0.469 e. The molecule has 0 aromatic rings. The van der Waals surface area contributed by atoms with Crippen LogP contribution in [-0.2, 0) is 18.7 Å². The third kappa shape index (κ3) is 20.3. The molecule has 0 aliphatic heterocycles. The van der Waals surface area contributed by atoms with Crippen molar-refractivity contribution in [1.29, 1.82) is 0 Å². The predicted octanol–water partition coefficient (Wildman–Crippen LogP) is 7.23. The van der Waals surface area contributed by atoms with Gasteiger partial charge < -0.3 is 13.9 Å². The molecule has 4 nitrogen and oxygen atoms in total. The molecule has 0 saturated heterocycles. The van der Waals surface area contributed by atoms with Crippen LogP contribution in [-0.4, -0.2) is 34.3 Å². The zero-order chi connectivity index (χ0) is 21.1. The van der Waals surface area contributed by atoms with E-state index in [2.05, 4.69) is 31.3 Å². The SMILES string of the molecule is CCCCCCCCCC(CCCCCCCC(=O)OC)OCO[Si](C)(C)C. The van der Waals surface area contributed by atoms with Gasteiger partial charge in [0.05, 0.1) is 13.2 Å². The monoisotopic (exact) mass is 416 g/mol. The summed E-state index contributed by atoms with van der Waals surface area (Å²) in [4.78, 5) is 11.1. The number of ether oxygens (including phenoxy) is 2. The second-order valence-electron chi connectivity index (χ2n) is 8.96. The molecule has 0 N–H and O–H groups in total. The molecule has 5 heteroatoms. The molecule has 28 heavy (non-hydrogen) atoms. The number of methoxy groups -OCH3 is 1. The van der Waals surface area contributed by atoms with Gasteiger partial charge in [0.25, 0.3) is 0 Å². The van der Waals surface area contributed by atoms with E-state index >= 15 is 0 Å². The lowest BCUT2D eigenvalue weighted by molar-refractivity contribution is -0.140. The van der Waals surface area contributed by atoms with E-state index in [1.54, 1.807) is 0 Å². The molecule has 0 aliphatic carbocycles. The first-order chi connectivity index (χ1) is 13.4. The summed E-state index contributed by atoms with van der Waals surface area (Å²) < 4.78 is 16.7. The van der Waals surface area contributed by atoms with Crippen LogP contribution in [0, 0.1) is 0 Å². The van der Waals surface area contributed by atoms with E-state index in [0.29, 0.717) is 19.3 Å². The van der Waals surface area contributed by atoms with Crippen LogP contribution in [0.1, 0.15) is 103 Å². The van der Waals surface area contributed by atoms with Crippen molar-refractivity contribution in [2.75, 3.05) is 13.9 Å². The number of rotatable bonds is 20. The number of hydrogen-bond acceptors (Lipinski definition) is 4.